The van der Waals surface area contributed by atoms with E-state index in [9.17, 15) is 0 Å². The van der Waals surface area contributed by atoms with Gasteiger partial charge >= 0.3 is 0 Å². The third kappa shape index (κ3) is 3.96. The second-order valence-electron chi connectivity index (χ2n) is 9.26. The number of hydrogen-bond acceptors (Lipinski definition) is 2. The molecule has 4 rings (SSSR count). The third-order valence-corrected chi connectivity index (χ3v) is 7.45. The monoisotopic (exact) mass is 381 g/mol. The molecule has 2 heteroatoms. The Kier molecular flexibility index (Phi) is 6.90. The fourth-order valence-corrected chi connectivity index (χ4v) is 6.10. The number of rotatable bonds is 9. The summed E-state index contributed by atoms with van der Waals surface area (Å²) in [5, 5.41) is 3.77. The maximum atomic E-state index is 5.78. The zero-order valence-electron chi connectivity index (χ0n) is 18.1. The van der Waals surface area contributed by atoms with Crippen molar-refractivity contribution in [2.75, 3.05) is 26.8 Å². The summed E-state index contributed by atoms with van der Waals surface area (Å²) in [5.41, 5.74) is 8.23. The molecule has 2 nitrogen and oxygen atoms in total. The summed E-state index contributed by atoms with van der Waals surface area (Å²) >= 11 is 0. The number of allylic oxidation sites excluding steroid dienone is 1. The van der Waals surface area contributed by atoms with Crippen molar-refractivity contribution in [2.24, 2.45) is 5.92 Å². The molecular formula is C26H39NO. The van der Waals surface area contributed by atoms with Crippen LogP contribution in [0.15, 0.2) is 23.8 Å². The maximum Gasteiger partial charge on any atom is 0.0685 e. The van der Waals surface area contributed by atoms with Crippen LogP contribution in [0.3, 0.4) is 0 Å². The zero-order valence-corrected chi connectivity index (χ0v) is 18.1. The molecule has 28 heavy (non-hydrogen) atoms. The van der Waals surface area contributed by atoms with Crippen LogP contribution in [-0.2, 0) is 4.74 Å². The Labute approximate surface area is 172 Å². The number of ether oxygens (including phenoxy) is 1. The minimum absolute atomic E-state index is 0.503. The molecule has 0 spiro atoms. The van der Waals surface area contributed by atoms with E-state index in [1.807, 2.05) is 7.11 Å². The van der Waals surface area contributed by atoms with Crippen molar-refractivity contribution in [2.45, 2.75) is 83.0 Å². The molecule has 2 fully saturated rings. The number of unbranched alkanes of at least 4 members (excludes halogenated alkanes) is 1. The molecule has 0 saturated heterocycles. The Morgan fingerprint density at radius 3 is 2.32 bits per heavy atom. The van der Waals surface area contributed by atoms with Gasteiger partial charge < -0.3 is 10.1 Å². The SMILES string of the molecule is CCCCNCC1C(COC)=C(C2CCCC2)c2c(C3CCCC3)cccc21. The average molecular weight is 382 g/mol. The molecule has 154 valence electrons. The first-order chi connectivity index (χ1) is 13.8. The molecule has 1 N–H and O–H groups in total. The largest absolute Gasteiger partial charge is 0.380 e. The summed E-state index contributed by atoms with van der Waals surface area (Å²) < 4.78 is 5.78. The van der Waals surface area contributed by atoms with Crippen molar-refractivity contribution in [1.29, 1.82) is 0 Å². The van der Waals surface area contributed by atoms with E-state index < -0.39 is 0 Å². The van der Waals surface area contributed by atoms with Gasteiger partial charge in [-0.25, -0.2) is 0 Å². The Morgan fingerprint density at radius 2 is 1.64 bits per heavy atom. The Balaban J connectivity index is 1.74. The third-order valence-electron chi connectivity index (χ3n) is 7.45. The summed E-state index contributed by atoms with van der Waals surface area (Å²) in [7, 11) is 1.88. The lowest BCUT2D eigenvalue weighted by Gasteiger charge is -2.21. The van der Waals surface area contributed by atoms with E-state index in [-0.39, 0.29) is 0 Å². The molecular weight excluding hydrogens is 342 g/mol. The Morgan fingerprint density at radius 1 is 0.964 bits per heavy atom. The zero-order chi connectivity index (χ0) is 19.3. The van der Waals surface area contributed by atoms with Gasteiger partial charge in [-0.2, -0.15) is 0 Å². The second-order valence-corrected chi connectivity index (χ2v) is 9.26. The standard InChI is InChI=1S/C26H39NO/c1-3-4-16-27-17-23-22-15-9-14-21(19-10-5-6-11-19)26(22)25(24(23)18-28-2)20-12-7-8-13-20/h9,14-15,19-20,23,27H,3-8,10-13,16-18H2,1-2H3. The van der Waals surface area contributed by atoms with E-state index in [2.05, 4.69) is 30.4 Å². The highest BCUT2D eigenvalue weighted by atomic mass is 16.5. The highest BCUT2D eigenvalue weighted by molar-refractivity contribution is 5.82. The highest BCUT2D eigenvalue weighted by Crippen LogP contribution is 2.52. The van der Waals surface area contributed by atoms with Gasteiger partial charge in [0.25, 0.3) is 0 Å². The van der Waals surface area contributed by atoms with Gasteiger partial charge in [-0.15, -0.1) is 0 Å². The minimum Gasteiger partial charge on any atom is -0.380 e. The van der Waals surface area contributed by atoms with Crippen LogP contribution in [0, 0.1) is 5.92 Å². The van der Waals surface area contributed by atoms with Gasteiger partial charge in [-0.3, -0.25) is 0 Å². The summed E-state index contributed by atoms with van der Waals surface area (Å²) in [6.45, 7) is 5.26. The molecule has 1 aromatic carbocycles. The van der Waals surface area contributed by atoms with Crippen LogP contribution in [0.2, 0.25) is 0 Å². The molecule has 3 aliphatic carbocycles. The van der Waals surface area contributed by atoms with Crippen LogP contribution in [0.1, 0.15) is 99.7 Å². The molecule has 1 atom stereocenters. The Bertz CT molecular complexity index is 680. The summed E-state index contributed by atoms with van der Waals surface area (Å²) in [4.78, 5) is 0. The van der Waals surface area contributed by atoms with Crippen LogP contribution >= 0.6 is 0 Å². The molecule has 3 aliphatic rings. The molecule has 0 aromatic heterocycles. The van der Waals surface area contributed by atoms with Crippen LogP contribution in [0.5, 0.6) is 0 Å². The predicted molar refractivity (Wildman–Crippen MR) is 119 cm³/mol. The van der Waals surface area contributed by atoms with Gasteiger partial charge in [0, 0.05) is 19.6 Å². The van der Waals surface area contributed by atoms with Crippen LogP contribution in [0.25, 0.3) is 5.57 Å². The number of hydrogen-bond donors (Lipinski definition) is 1. The lowest BCUT2D eigenvalue weighted by Crippen LogP contribution is -2.24. The van der Waals surface area contributed by atoms with Crippen molar-refractivity contribution in [3.8, 4) is 0 Å². The summed E-state index contributed by atoms with van der Waals surface area (Å²) in [6.07, 6.45) is 13.6. The first kappa shape index (κ1) is 20.2. The predicted octanol–water partition coefficient (Wildman–Crippen LogP) is 6.42. The lowest BCUT2D eigenvalue weighted by atomic mass is 9.83. The van der Waals surface area contributed by atoms with Crippen molar-refractivity contribution < 1.29 is 4.74 Å². The fraction of sp³-hybridized carbons (Fsp3) is 0.692. The van der Waals surface area contributed by atoms with E-state index in [0.29, 0.717) is 5.92 Å². The molecule has 0 radical (unpaired) electrons. The highest BCUT2D eigenvalue weighted by Gasteiger charge is 2.38. The van der Waals surface area contributed by atoms with Gasteiger partial charge in [-0.1, -0.05) is 57.2 Å². The van der Waals surface area contributed by atoms with Crippen molar-refractivity contribution >= 4 is 5.57 Å². The van der Waals surface area contributed by atoms with Gasteiger partial charge in [0.15, 0.2) is 0 Å². The number of nitrogens with one attached hydrogen (secondary N) is 1. The first-order valence-electron chi connectivity index (χ1n) is 11.9. The Hall–Kier alpha value is -1.12. The molecule has 1 unspecified atom stereocenters. The normalized spacial score (nSPS) is 23.1. The molecule has 2 saturated carbocycles. The van der Waals surface area contributed by atoms with Gasteiger partial charge in [-0.05, 0) is 78.3 Å². The van der Waals surface area contributed by atoms with E-state index >= 15 is 0 Å². The molecule has 1 aromatic rings. The topological polar surface area (TPSA) is 21.3 Å². The van der Waals surface area contributed by atoms with E-state index in [0.717, 1.165) is 31.5 Å². The van der Waals surface area contributed by atoms with E-state index in [1.54, 1.807) is 27.8 Å². The van der Waals surface area contributed by atoms with Crippen LogP contribution < -0.4 is 5.32 Å². The van der Waals surface area contributed by atoms with Crippen LogP contribution in [0.4, 0.5) is 0 Å². The van der Waals surface area contributed by atoms with Crippen molar-refractivity contribution in [3.63, 3.8) is 0 Å². The second kappa shape index (κ2) is 9.59. The number of methoxy groups -OCH3 is 1. The van der Waals surface area contributed by atoms with Crippen molar-refractivity contribution in [1.82, 2.24) is 5.32 Å². The molecule has 0 amide bonds. The summed E-state index contributed by atoms with van der Waals surface area (Å²) in [6, 6.07) is 7.23. The van der Waals surface area contributed by atoms with Gasteiger partial charge in [0.05, 0.1) is 6.61 Å². The van der Waals surface area contributed by atoms with E-state index in [4.69, 9.17) is 4.74 Å². The minimum atomic E-state index is 0.503. The quantitative estimate of drug-likeness (QED) is 0.498. The fourth-order valence-electron chi connectivity index (χ4n) is 6.10. The molecule has 0 heterocycles. The first-order valence-corrected chi connectivity index (χ1v) is 11.9. The van der Waals surface area contributed by atoms with Gasteiger partial charge in [0.1, 0.15) is 0 Å². The average Bonchev–Trinajstić information content (AvgIpc) is 3.46. The van der Waals surface area contributed by atoms with Crippen molar-refractivity contribution in [3.05, 3.63) is 40.5 Å². The number of fused-ring (bicyclic) bond motifs is 1. The van der Waals surface area contributed by atoms with Gasteiger partial charge in [0.2, 0.25) is 0 Å². The summed E-state index contributed by atoms with van der Waals surface area (Å²) in [5.74, 6) is 2.04. The smallest absolute Gasteiger partial charge is 0.0685 e. The molecule has 0 aliphatic heterocycles. The molecule has 0 bridgehead atoms. The maximum absolute atomic E-state index is 5.78. The number of benzene rings is 1. The van der Waals surface area contributed by atoms with E-state index in [1.165, 1.54) is 64.2 Å². The van der Waals surface area contributed by atoms with Crippen LogP contribution in [-0.4, -0.2) is 26.8 Å². The lowest BCUT2D eigenvalue weighted by molar-refractivity contribution is 0.221.